The van der Waals surface area contributed by atoms with E-state index in [0.717, 1.165) is 47.8 Å². The molecule has 2 atom stereocenters. The molecule has 3 aromatic rings. The van der Waals surface area contributed by atoms with Gasteiger partial charge in [-0.25, -0.2) is 9.50 Å². The van der Waals surface area contributed by atoms with Gasteiger partial charge in [0.2, 0.25) is 0 Å². The maximum atomic E-state index is 9.63. The monoisotopic (exact) mass is 336 g/mol. The van der Waals surface area contributed by atoms with Crippen molar-refractivity contribution in [3.8, 4) is 11.3 Å². The molecule has 2 unspecified atom stereocenters. The molecule has 1 fully saturated rings. The summed E-state index contributed by atoms with van der Waals surface area (Å²) in [6.45, 7) is 6.35. The van der Waals surface area contributed by atoms with E-state index < -0.39 is 0 Å². The van der Waals surface area contributed by atoms with Gasteiger partial charge >= 0.3 is 0 Å². The highest BCUT2D eigenvalue weighted by molar-refractivity contribution is 5.68. The lowest BCUT2D eigenvalue weighted by Gasteiger charge is -2.36. The van der Waals surface area contributed by atoms with E-state index in [-0.39, 0.29) is 6.61 Å². The van der Waals surface area contributed by atoms with Crippen LogP contribution in [0, 0.1) is 18.8 Å². The van der Waals surface area contributed by atoms with Crippen LogP contribution in [0.3, 0.4) is 0 Å². The van der Waals surface area contributed by atoms with Crippen LogP contribution in [0.2, 0.25) is 0 Å². The van der Waals surface area contributed by atoms with E-state index >= 15 is 0 Å². The maximum absolute atomic E-state index is 9.63. The molecule has 0 aliphatic carbocycles. The van der Waals surface area contributed by atoms with E-state index in [0.29, 0.717) is 11.8 Å². The smallest absolute Gasteiger partial charge is 0.160 e. The number of nitrogens with zero attached hydrogens (tertiary/aromatic N) is 4. The number of anilines is 1. The first-order valence-electron chi connectivity index (χ1n) is 8.92. The fourth-order valence-corrected chi connectivity index (χ4v) is 3.84. The lowest BCUT2D eigenvalue weighted by Crippen LogP contribution is -2.41. The van der Waals surface area contributed by atoms with Gasteiger partial charge in [0.15, 0.2) is 5.65 Å². The second-order valence-electron chi connectivity index (χ2n) is 7.22. The van der Waals surface area contributed by atoms with Crippen LogP contribution in [-0.2, 0) is 0 Å². The van der Waals surface area contributed by atoms with Gasteiger partial charge in [-0.15, -0.1) is 0 Å². The highest BCUT2D eigenvalue weighted by atomic mass is 16.3. The zero-order valence-electron chi connectivity index (χ0n) is 14.8. The molecular weight excluding hydrogens is 312 g/mol. The van der Waals surface area contributed by atoms with Crippen molar-refractivity contribution < 1.29 is 5.11 Å². The number of hydrogen-bond donors (Lipinski definition) is 1. The Morgan fingerprint density at radius 2 is 2.00 bits per heavy atom. The Bertz CT molecular complexity index is 874. The molecule has 0 radical (unpaired) electrons. The summed E-state index contributed by atoms with van der Waals surface area (Å²) in [4.78, 5) is 7.21. The van der Waals surface area contributed by atoms with Crippen molar-refractivity contribution in [2.45, 2.75) is 20.3 Å². The average molecular weight is 336 g/mol. The molecular formula is C20H24N4O. The summed E-state index contributed by atoms with van der Waals surface area (Å²) in [6, 6.07) is 12.4. The molecule has 3 heterocycles. The zero-order chi connectivity index (χ0) is 17.4. The standard InChI is InChI=1S/C20H24N4O/c1-14-8-16(13-25)12-23(11-14)19-9-18(17-6-4-3-5-7-17)24-20(22-19)15(2)10-21-24/h3-7,9-10,14,16,25H,8,11-13H2,1-2H3. The number of aliphatic hydroxyl groups is 1. The third-order valence-electron chi connectivity index (χ3n) is 5.03. The maximum Gasteiger partial charge on any atom is 0.160 e. The minimum Gasteiger partial charge on any atom is -0.396 e. The molecule has 0 saturated carbocycles. The van der Waals surface area contributed by atoms with Crippen molar-refractivity contribution in [3.05, 3.63) is 48.2 Å². The number of fused-ring (bicyclic) bond motifs is 1. The van der Waals surface area contributed by atoms with Crippen LogP contribution in [0.4, 0.5) is 5.82 Å². The summed E-state index contributed by atoms with van der Waals surface area (Å²) >= 11 is 0. The molecule has 1 aliphatic heterocycles. The highest BCUT2D eigenvalue weighted by Crippen LogP contribution is 2.30. The fourth-order valence-electron chi connectivity index (χ4n) is 3.84. The van der Waals surface area contributed by atoms with Crippen LogP contribution in [0.5, 0.6) is 0 Å². The van der Waals surface area contributed by atoms with E-state index in [4.69, 9.17) is 4.98 Å². The molecule has 1 aliphatic rings. The van der Waals surface area contributed by atoms with Crippen molar-refractivity contribution in [1.82, 2.24) is 14.6 Å². The predicted octanol–water partition coefficient (Wildman–Crippen LogP) is 3.16. The van der Waals surface area contributed by atoms with Crippen LogP contribution < -0.4 is 4.90 Å². The molecule has 25 heavy (non-hydrogen) atoms. The van der Waals surface area contributed by atoms with Crippen LogP contribution in [0.1, 0.15) is 18.9 Å². The lowest BCUT2D eigenvalue weighted by molar-refractivity contribution is 0.189. The minimum absolute atomic E-state index is 0.236. The quantitative estimate of drug-likeness (QED) is 0.798. The van der Waals surface area contributed by atoms with E-state index in [9.17, 15) is 5.11 Å². The lowest BCUT2D eigenvalue weighted by atomic mass is 9.91. The van der Waals surface area contributed by atoms with Gasteiger partial charge in [0.1, 0.15) is 5.82 Å². The van der Waals surface area contributed by atoms with Gasteiger partial charge in [0, 0.05) is 36.9 Å². The summed E-state index contributed by atoms with van der Waals surface area (Å²) in [5.41, 5.74) is 4.15. The number of rotatable bonds is 3. The number of hydrogen-bond acceptors (Lipinski definition) is 4. The van der Waals surface area contributed by atoms with E-state index in [1.165, 1.54) is 0 Å². The summed E-state index contributed by atoms with van der Waals surface area (Å²) in [7, 11) is 0. The molecule has 5 heteroatoms. The molecule has 4 rings (SSSR count). The molecule has 1 saturated heterocycles. The second-order valence-corrected chi connectivity index (χ2v) is 7.22. The van der Waals surface area contributed by atoms with Crippen molar-refractivity contribution in [2.24, 2.45) is 11.8 Å². The molecule has 130 valence electrons. The largest absolute Gasteiger partial charge is 0.396 e. The first-order chi connectivity index (χ1) is 12.2. The third-order valence-corrected chi connectivity index (χ3v) is 5.03. The first-order valence-corrected chi connectivity index (χ1v) is 8.92. The highest BCUT2D eigenvalue weighted by Gasteiger charge is 2.26. The van der Waals surface area contributed by atoms with Gasteiger partial charge in [-0.2, -0.15) is 5.10 Å². The number of piperidine rings is 1. The van der Waals surface area contributed by atoms with Crippen molar-refractivity contribution in [2.75, 3.05) is 24.6 Å². The Kier molecular flexibility index (Phi) is 4.17. The van der Waals surface area contributed by atoms with Gasteiger partial charge in [0.05, 0.1) is 11.9 Å². The Morgan fingerprint density at radius 3 is 2.76 bits per heavy atom. The molecule has 0 spiro atoms. The topological polar surface area (TPSA) is 53.7 Å². The Labute approximate surface area is 147 Å². The molecule has 1 N–H and O–H groups in total. The average Bonchev–Trinajstić information content (AvgIpc) is 3.02. The van der Waals surface area contributed by atoms with Gasteiger partial charge < -0.3 is 10.0 Å². The minimum atomic E-state index is 0.236. The fraction of sp³-hybridized carbons (Fsp3) is 0.400. The predicted molar refractivity (Wildman–Crippen MR) is 99.7 cm³/mol. The molecule has 0 bridgehead atoms. The van der Waals surface area contributed by atoms with Crippen molar-refractivity contribution in [1.29, 1.82) is 0 Å². The van der Waals surface area contributed by atoms with E-state index in [1.807, 2.05) is 35.8 Å². The van der Waals surface area contributed by atoms with Gasteiger partial charge in [-0.1, -0.05) is 37.3 Å². The zero-order valence-corrected chi connectivity index (χ0v) is 14.8. The van der Waals surface area contributed by atoms with Gasteiger partial charge in [0.25, 0.3) is 0 Å². The summed E-state index contributed by atoms with van der Waals surface area (Å²) < 4.78 is 1.92. The Balaban J connectivity index is 1.83. The molecule has 5 nitrogen and oxygen atoms in total. The van der Waals surface area contributed by atoms with Crippen LogP contribution in [0.25, 0.3) is 16.9 Å². The van der Waals surface area contributed by atoms with Gasteiger partial charge in [-0.05, 0) is 25.2 Å². The second kappa shape index (κ2) is 6.48. The third kappa shape index (κ3) is 3.00. The Morgan fingerprint density at radius 1 is 1.20 bits per heavy atom. The van der Waals surface area contributed by atoms with E-state index in [2.05, 4.69) is 35.1 Å². The Hall–Kier alpha value is -2.40. The normalized spacial score (nSPS) is 21.0. The molecule has 2 aromatic heterocycles. The molecule has 1 aromatic carbocycles. The summed E-state index contributed by atoms with van der Waals surface area (Å²) in [5.74, 6) is 1.84. The number of aliphatic hydroxyl groups excluding tert-OH is 1. The number of aromatic nitrogens is 3. The van der Waals surface area contributed by atoms with Crippen molar-refractivity contribution in [3.63, 3.8) is 0 Å². The van der Waals surface area contributed by atoms with Crippen LogP contribution >= 0.6 is 0 Å². The summed E-state index contributed by atoms with van der Waals surface area (Å²) in [6.07, 6.45) is 2.94. The number of aryl methyl sites for hydroxylation is 1. The van der Waals surface area contributed by atoms with Crippen molar-refractivity contribution >= 4 is 11.5 Å². The number of benzene rings is 1. The van der Waals surface area contributed by atoms with Gasteiger partial charge in [-0.3, -0.25) is 0 Å². The molecule has 0 amide bonds. The van der Waals surface area contributed by atoms with E-state index in [1.54, 1.807) is 0 Å². The first kappa shape index (κ1) is 16.1. The van der Waals surface area contributed by atoms with Crippen LogP contribution in [0.15, 0.2) is 42.6 Å². The summed E-state index contributed by atoms with van der Waals surface area (Å²) in [5, 5.41) is 14.2. The SMILES string of the molecule is Cc1cnn2c(-c3ccccc3)cc(N3CC(C)CC(CO)C3)nc12. The van der Waals surface area contributed by atoms with Crippen LogP contribution in [-0.4, -0.2) is 39.4 Å².